The van der Waals surface area contributed by atoms with Crippen molar-refractivity contribution >= 4 is 17.8 Å². The Morgan fingerprint density at radius 2 is 1.39 bits per heavy atom. The fourth-order valence-electron chi connectivity index (χ4n) is 3.03. The van der Waals surface area contributed by atoms with Gasteiger partial charge in [-0.1, -0.05) is 38.5 Å². The molecule has 158 valence electrons. The van der Waals surface area contributed by atoms with Gasteiger partial charge in [-0.15, -0.1) is 0 Å². The number of carboxylic acids is 1. The van der Waals surface area contributed by atoms with E-state index in [0.717, 1.165) is 56.5 Å². The molecule has 7 heteroatoms. The quantitative estimate of drug-likeness (QED) is 0.367. The Hall–Kier alpha value is -2.18. The molecule has 0 radical (unpaired) electrons. The number of aromatic nitrogens is 2. The number of hydrogen-bond donors (Lipinski definition) is 3. The highest BCUT2D eigenvalue weighted by Gasteiger charge is 2.02. The number of hydrogen-bond acceptors (Lipinski definition) is 5. The third kappa shape index (κ3) is 13.1. The maximum Gasteiger partial charge on any atom is 0.303 e. The third-order valence-electron chi connectivity index (χ3n) is 4.49. The van der Waals surface area contributed by atoms with Gasteiger partial charge in [0, 0.05) is 37.3 Å². The number of carbonyl (C=O) groups is 2. The van der Waals surface area contributed by atoms with E-state index < -0.39 is 5.97 Å². The second kappa shape index (κ2) is 14.8. The van der Waals surface area contributed by atoms with Crippen LogP contribution in [0.1, 0.15) is 82.0 Å². The van der Waals surface area contributed by atoms with Gasteiger partial charge >= 0.3 is 5.97 Å². The lowest BCUT2D eigenvalue weighted by Gasteiger charge is -2.07. The summed E-state index contributed by atoms with van der Waals surface area (Å²) in [5, 5.41) is 14.7. The molecule has 1 heterocycles. The van der Waals surface area contributed by atoms with Crippen molar-refractivity contribution in [2.75, 3.05) is 18.4 Å². The third-order valence-corrected chi connectivity index (χ3v) is 4.49. The van der Waals surface area contributed by atoms with E-state index >= 15 is 0 Å². The molecule has 0 aromatic carbocycles. The van der Waals surface area contributed by atoms with Crippen molar-refractivity contribution in [3.8, 4) is 0 Å². The summed E-state index contributed by atoms with van der Waals surface area (Å²) in [6.45, 7) is 5.30. The fraction of sp³-hybridized carbons (Fsp3) is 0.714. The largest absolute Gasteiger partial charge is 0.481 e. The molecular weight excluding hydrogens is 356 g/mol. The highest BCUT2D eigenvalue weighted by molar-refractivity contribution is 5.75. The Labute approximate surface area is 168 Å². The highest BCUT2D eigenvalue weighted by Crippen LogP contribution is 2.09. The zero-order valence-electron chi connectivity index (χ0n) is 17.4. The number of aryl methyl sites for hydroxylation is 2. The van der Waals surface area contributed by atoms with Crippen LogP contribution in [0.15, 0.2) is 6.07 Å². The van der Waals surface area contributed by atoms with Crippen molar-refractivity contribution in [3.05, 3.63) is 17.5 Å². The van der Waals surface area contributed by atoms with Crippen LogP contribution in [0, 0.1) is 13.8 Å². The van der Waals surface area contributed by atoms with Gasteiger partial charge in [0.15, 0.2) is 0 Å². The first-order valence-electron chi connectivity index (χ1n) is 10.5. The van der Waals surface area contributed by atoms with Crippen LogP contribution in [0.25, 0.3) is 0 Å². The van der Waals surface area contributed by atoms with E-state index in [1.54, 1.807) is 0 Å². The van der Waals surface area contributed by atoms with Gasteiger partial charge in [0.05, 0.1) is 0 Å². The number of unbranched alkanes of at least 4 members (excludes halogenated alkanes) is 7. The molecule has 0 saturated carbocycles. The average Bonchev–Trinajstić information content (AvgIpc) is 2.62. The molecule has 28 heavy (non-hydrogen) atoms. The Morgan fingerprint density at radius 1 is 0.821 bits per heavy atom. The molecule has 0 atom stereocenters. The number of amides is 1. The number of carbonyl (C=O) groups excluding carboxylic acids is 1. The lowest BCUT2D eigenvalue weighted by Crippen LogP contribution is -2.24. The molecule has 0 aliphatic carbocycles. The zero-order valence-corrected chi connectivity index (χ0v) is 17.4. The van der Waals surface area contributed by atoms with Gasteiger partial charge in [-0.25, -0.2) is 9.97 Å². The average molecular weight is 393 g/mol. The van der Waals surface area contributed by atoms with Crippen molar-refractivity contribution in [2.24, 2.45) is 0 Å². The number of rotatable bonds is 16. The normalized spacial score (nSPS) is 10.6. The first-order chi connectivity index (χ1) is 13.5. The molecule has 1 rings (SSSR count). The number of nitrogens with one attached hydrogen (secondary N) is 2. The van der Waals surface area contributed by atoms with Gasteiger partial charge in [0.2, 0.25) is 11.9 Å². The van der Waals surface area contributed by atoms with Crippen LogP contribution in [0.4, 0.5) is 5.95 Å². The predicted octanol–water partition coefficient (Wildman–Crippen LogP) is 4.00. The molecule has 0 aliphatic heterocycles. The van der Waals surface area contributed by atoms with Gasteiger partial charge in [-0.2, -0.15) is 0 Å². The molecule has 1 aromatic rings. The molecule has 0 bridgehead atoms. The van der Waals surface area contributed by atoms with E-state index in [4.69, 9.17) is 5.11 Å². The number of anilines is 1. The molecule has 3 N–H and O–H groups in total. The number of nitrogens with zero attached hydrogens (tertiary/aromatic N) is 2. The molecular formula is C21H36N4O3. The van der Waals surface area contributed by atoms with E-state index in [2.05, 4.69) is 20.6 Å². The Morgan fingerprint density at radius 3 is 2.00 bits per heavy atom. The summed E-state index contributed by atoms with van der Waals surface area (Å²) in [6.07, 6.45) is 10.1. The van der Waals surface area contributed by atoms with Crippen molar-refractivity contribution < 1.29 is 14.7 Å². The number of aliphatic carboxylic acids is 1. The zero-order chi connectivity index (χ0) is 20.6. The van der Waals surface area contributed by atoms with Crippen molar-refractivity contribution in [1.29, 1.82) is 0 Å². The molecule has 1 amide bonds. The summed E-state index contributed by atoms with van der Waals surface area (Å²) < 4.78 is 0. The van der Waals surface area contributed by atoms with E-state index in [9.17, 15) is 9.59 Å². The van der Waals surface area contributed by atoms with Gasteiger partial charge in [0.25, 0.3) is 0 Å². The molecule has 7 nitrogen and oxygen atoms in total. The van der Waals surface area contributed by atoms with Crippen molar-refractivity contribution in [3.63, 3.8) is 0 Å². The minimum absolute atomic E-state index is 0.0987. The first-order valence-corrected chi connectivity index (χ1v) is 10.5. The molecule has 0 unspecified atom stereocenters. The van der Waals surface area contributed by atoms with E-state index in [-0.39, 0.29) is 12.3 Å². The topological polar surface area (TPSA) is 104 Å². The Kier molecular flexibility index (Phi) is 12.6. The monoisotopic (exact) mass is 392 g/mol. The van der Waals surface area contributed by atoms with Crippen molar-refractivity contribution in [2.45, 2.75) is 84.5 Å². The fourth-order valence-corrected chi connectivity index (χ4v) is 3.03. The standard InChI is InChI=1S/C21H36N4O3/c1-17-16-18(2)25-21(24-17)23-15-11-12-19(26)22-14-10-8-6-4-3-5-7-9-13-20(27)28/h16H,3-15H2,1-2H3,(H,22,26)(H,27,28)(H,23,24,25). The van der Waals surface area contributed by atoms with Crippen LogP contribution < -0.4 is 10.6 Å². The van der Waals surface area contributed by atoms with E-state index in [1.165, 1.54) is 19.3 Å². The smallest absolute Gasteiger partial charge is 0.303 e. The SMILES string of the molecule is Cc1cc(C)nc(NCCCC(=O)NCCCCCCCCCCC(=O)O)n1. The first kappa shape index (κ1) is 23.9. The summed E-state index contributed by atoms with van der Waals surface area (Å²) in [7, 11) is 0. The second-order valence-electron chi connectivity index (χ2n) is 7.33. The van der Waals surface area contributed by atoms with Gasteiger partial charge in [-0.05, 0) is 39.2 Å². The summed E-state index contributed by atoms with van der Waals surface area (Å²) in [5.41, 5.74) is 1.87. The van der Waals surface area contributed by atoms with E-state index in [1.807, 2.05) is 19.9 Å². The molecule has 0 aliphatic rings. The van der Waals surface area contributed by atoms with Crippen LogP contribution >= 0.6 is 0 Å². The Balaban J connectivity index is 1.89. The van der Waals surface area contributed by atoms with Crippen LogP contribution in [0.2, 0.25) is 0 Å². The van der Waals surface area contributed by atoms with Crippen LogP contribution in [0.3, 0.4) is 0 Å². The predicted molar refractivity (Wildman–Crippen MR) is 111 cm³/mol. The summed E-state index contributed by atoms with van der Waals surface area (Å²) >= 11 is 0. The highest BCUT2D eigenvalue weighted by atomic mass is 16.4. The van der Waals surface area contributed by atoms with Gasteiger partial charge < -0.3 is 15.7 Å². The summed E-state index contributed by atoms with van der Waals surface area (Å²) in [4.78, 5) is 30.9. The van der Waals surface area contributed by atoms with Crippen LogP contribution in [-0.4, -0.2) is 40.0 Å². The maximum absolute atomic E-state index is 11.8. The van der Waals surface area contributed by atoms with Crippen LogP contribution in [0.5, 0.6) is 0 Å². The lowest BCUT2D eigenvalue weighted by molar-refractivity contribution is -0.137. The van der Waals surface area contributed by atoms with E-state index in [0.29, 0.717) is 18.9 Å². The second-order valence-corrected chi connectivity index (χ2v) is 7.33. The van der Waals surface area contributed by atoms with Gasteiger partial charge in [0.1, 0.15) is 0 Å². The lowest BCUT2D eigenvalue weighted by atomic mass is 10.1. The maximum atomic E-state index is 11.8. The minimum Gasteiger partial charge on any atom is -0.481 e. The summed E-state index contributed by atoms with van der Waals surface area (Å²) in [5.74, 6) is 0.0232. The summed E-state index contributed by atoms with van der Waals surface area (Å²) in [6, 6.07) is 1.93. The van der Waals surface area contributed by atoms with Crippen LogP contribution in [-0.2, 0) is 9.59 Å². The molecule has 0 spiro atoms. The Bertz CT molecular complexity index is 573. The molecule has 0 fully saturated rings. The minimum atomic E-state index is -0.700. The molecule has 0 saturated heterocycles. The number of carboxylic acid groups (broad SMARTS) is 1. The molecule has 1 aromatic heterocycles. The van der Waals surface area contributed by atoms with Gasteiger partial charge in [-0.3, -0.25) is 9.59 Å². The van der Waals surface area contributed by atoms with Crippen molar-refractivity contribution in [1.82, 2.24) is 15.3 Å².